The predicted molar refractivity (Wildman–Crippen MR) is 346 cm³/mol. The van der Waals surface area contributed by atoms with E-state index in [1.54, 1.807) is 0 Å². The van der Waals surface area contributed by atoms with Crippen LogP contribution in [0.1, 0.15) is 74.9 Å². The molecule has 0 bridgehead atoms. The summed E-state index contributed by atoms with van der Waals surface area (Å²) in [7, 11) is 0. The lowest BCUT2D eigenvalue weighted by atomic mass is 9.67. The number of furan rings is 1. The van der Waals surface area contributed by atoms with Gasteiger partial charge in [-0.2, -0.15) is 0 Å². The summed E-state index contributed by atoms with van der Waals surface area (Å²) in [5.74, 6) is 0. The Morgan fingerprint density at radius 1 is 0.378 bits per heavy atom. The van der Waals surface area contributed by atoms with Crippen molar-refractivity contribution in [2.45, 2.75) is 57.8 Å². The van der Waals surface area contributed by atoms with Crippen LogP contribution < -0.4 is 20.4 Å². The van der Waals surface area contributed by atoms with Crippen LogP contribution in [0.2, 0.25) is 0 Å². The van der Waals surface area contributed by atoms with E-state index in [-0.39, 0.29) is 10.8 Å². The topological polar surface area (TPSA) is 43.7 Å². The van der Waals surface area contributed by atoms with Crippen molar-refractivity contribution in [2.24, 2.45) is 0 Å². The maximum absolute atomic E-state index is 7.53. The number of para-hydroxylation sites is 1. The zero-order valence-electron chi connectivity index (χ0n) is 47.5. The molecule has 5 nitrogen and oxygen atoms in total. The maximum atomic E-state index is 7.53. The first-order chi connectivity index (χ1) is 39.9. The molecule has 11 aromatic carbocycles. The molecule has 1 aromatic heterocycles. The molecule has 2 N–H and O–H groups in total. The van der Waals surface area contributed by atoms with E-state index < -0.39 is 5.41 Å². The summed E-state index contributed by atoms with van der Waals surface area (Å²) in [6, 6.07) is 94.0. The highest BCUT2D eigenvalue weighted by atomic mass is 16.3. The number of fused-ring (bicyclic) bond motifs is 9. The Labute approximate surface area is 482 Å². The minimum atomic E-state index is -0.851. The van der Waals surface area contributed by atoms with Crippen molar-refractivity contribution >= 4 is 67.4 Å². The van der Waals surface area contributed by atoms with Crippen LogP contribution in [-0.4, -0.2) is 13.1 Å². The van der Waals surface area contributed by atoms with Gasteiger partial charge >= 0.3 is 0 Å². The molecule has 14 rings (SSSR count). The minimum Gasteiger partial charge on any atom is -0.455 e. The van der Waals surface area contributed by atoms with Crippen molar-refractivity contribution < 1.29 is 4.42 Å². The van der Waals surface area contributed by atoms with Crippen LogP contribution in [-0.2, 0) is 16.2 Å². The first-order valence-electron chi connectivity index (χ1n) is 28.9. The van der Waals surface area contributed by atoms with E-state index >= 15 is 0 Å². The highest BCUT2D eigenvalue weighted by Gasteiger charge is 2.51. The number of nitrogens with one attached hydrogen (secondary N) is 2. The Hall–Kier alpha value is -9.58. The van der Waals surface area contributed by atoms with E-state index in [1.165, 1.54) is 44.5 Å². The lowest BCUT2D eigenvalue weighted by Crippen LogP contribution is -2.30. The van der Waals surface area contributed by atoms with Crippen molar-refractivity contribution in [3.63, 3.8) is 0 Å². The largest absolute Gasteiger partial charge is 0.455 e. The van der Waals surface area contributed by atoms with Gasteiger partial charge in [-0.05, 0) is 133 Å². The second kappa shape index (κ2) is 19.9. The van der Waals surface area contributed by atoms with E-state index in [1.807, 2.05) is 0 Å². The molecule has 0 atom stereocenters. The predicted octanol–water partition coefficient (Wildman–Crippen LogP) is 20.7. The first-order valence-corrected chi connectivity index (χ1v) is 28.9. The molecule has 12 aromatic rings. The van der Waals surface area contributed by atoms with Gasteiger partial charge in [-0.3, -0.25) is 0 Å². The van der Waals surface area contributed by atoms with E-state index in [0.29, 0.717) is 0 Å². The van der Waals surface area contributed by atoms with Crippen LogP contribution in [0.5, 0.6) is 0 Å². The third-order valence-electron chi connectivity index (χ3n) is 17.1. The highest BCUT2D eigenvalue weighted by molar-refractivity contribution is 6.21. The smallest absolute Gasteiger partial charge is 0.145 e. The van der Waals surface area contributed by atoms with Gasteiger partial charge in [-0.15, -0.1) is 0 Å². The van der Waals surface area contributed by atoms with E-state index in [0.717, 1.165) is 103 Å². The van der Waals surface area contributed by atoms with Crippen LogP contribution in [0.4, 0.5) is 45.5 Å². The third kappa shape index (κ3) is 8.45. The van der Waals surface area contributed by atoms with Gasteiger partial charge in [-0.25, -0.2) is 0 Å². The van der Waals surface area contributed by atoms with Crippen LogP contribution in [0.15, 0.2) is 259 Å². The number of anilines is 8. The van der Waals surface area contributed by atoms with Crippen LogP contribution in [0.3, 0.4) is 0 Å². The zero-order valence-corrected chi connectivity index (χ0v) is 47.5. The van der Waals surface area contributed by atoms with Crippen LogP contribution >= 0.6 is 0 Å². The molecular formula is C77H66N4O. The molecule has 0 saturated carbocycles. The molecule has 0 spiro atoms. The Morgan fingerprint density at radius 3 is 1.23 bits per heavy atom. The molecule has 0 saturated heterocycles. The lowest BCUT2D eigenvalue weighted by molar-refractivity contribution is 0.590. The summed E-state index contributed by atoms with van der Waals surface area (Å²) in [4.78, 5) is 4.94. The molecule has 1 aliphatic heterocycles. The first kappa shape index (κ1) is 50.6. The standard InChI is InChI=1S/C77H66N4O/c1-75(2,3)55-35-43-61(44-36-55)80(59-39-31-53(32-40-59)51-21-11-7-12-22-51)66-49-65-71(74-69(66)63-29-19-20-30-68(63)82-74)70-64(77(65,57-25-15-9-16-26-57)58-27-17-10-18-28-58)50-67(72-73(70)79-48-47-78-72)81(62-45-37-56(38-46-62)76(4,5)6)60-41-33-54(34-42-60)52-23-13-8-14-24-52/h7-46,49-50,78-79H,47-48H2,1-6H3. The average molecular weight is 1060 g/mol. The van der Waals surface area contributed by atoms with Gasteiger partial charge in [0.1, 0.15) is 11.2 Å². The number of hydrogen-bond acceptors (Lipinski definition) is 5. The lowest BCUT2D eigenvalue weighted by Gasteiger charge is -2.37. The van der Waals surface area contributed by atoms with Gasteiger partial charge in [0.15, 0.2) is 0 Å². The molecule has 1 aliphatic carbocycles. The number of rotatable bonds is 10. The normalized spacial score (nSPS) is 13.4. The van der Waals surface area contributed by atoms with E-state index in [2.05, 4.69) is 317 Å². The van der Waals surface area contributed by atoms with Gasteiger partial charge in [0.05, 0.1) is 33.6 Å². The highest BCUT2D eigenvalue weighted by Crippen LogP contribution is 2.65. The Kier molecular flexibility index (Phi) is 12.3. The molecular weight excluding hydrogens is 997 g/mol. The molecule has 0 fully saturated rings. The molecule has 0 amide bonds. The van der Waals surface area contributed by atoms with Gasteiger partial charge < -0.3 is 24.9 Å². The van der Waals surface area contributed by atoms with Crippen molar-refractivity contribution in [3.05, 3.63) is 288 Å². The minimum absolute atomic E-state index is 0.0203. The molecule has 0 unspecified atom stereocenters. The van der Waals surface area contributed by atoms with Crippen LogP contribution in [0, 0.1) is 0 Å². The number of hydrogen-bond donors (Lipinski definition) is 2. The SMILES string of the molecule is CC(C)(C)c1ccc(N(c2ccc(-c3ccccc3)cc2)c2cc3c(c4c2NCCN4)-c2c(cc(N(c4ccc(-c5ccccc5)cc4)c4ccc(C(C)(C)C)cc4)c4c2oc2ccccc24)C3(c2ccccc2)c2ccccc2)cc1. The van der Waals surface area contributed by atoms with Crippen molar-refractivity contribution in [1.82, 2.24) is 0 Å². The monoisotopic (exact) mass is 1060 g/mol. The quantitative estimate of drug-likeness (QED) is 0.143. The summed E-state index contributed by atoms with van der Waals surface area (Å²) in [5.41, 5.74) is 23.4. The summed E-state index contributed by atoms with van der Waals surface area (Å²) in [6.07, 6.45) is 0. The molecule has 2 heterocycles. The van der Waals surface area contributed by atoms with Gasteiger partial charge in [0.25, 0.3) is 0 Å². The third-order valence-corrected chi connectivity index (χ3v) is 17.1. The van der Waals surface area contributed by atoms with Gasteiger partial charge in [0, 0.05) is 52.4 Å². The Bertz CT molecular complexity index is 4250. The average Bonchev–Trinajstić information content (AvgIpc) is 1.61. The summed E-state index contributed by atoms with van der Waals surface area (Å²) >= 11 is 0. The molecule has 0 radical (unpaired) electrons. The summed E-state index contributed by atoms with van der Waals surface area (Å²) in [5, 5.41) is 10.2. The fourth-order valence-corrected chi connectivity index (χ4v) is 13.0. The molecule has 5 heteroatoms. The molecule has 82 heavy (non-hydrogen) atoms. The van der Waals surface area contributed by atoms with Crippen molar-refractivity contribution in [3.8, 4) is 33.4 Å². The van der Waals surface area contributed by atoms with E-state index in [4.69, 9.17) is 4.42 Å². The number of nitrogens with zero attached hydrogens (tertiary/aromatic N) is 2. The Morgan fingerprint density at radius 2 is 0.756 bits per heavy atom. The zero-order chi connectivity index (χ0) is 55.7. The van der Waals surface area contributed by atoms with Crippen molar-refractivity contribution in [1.29, 1.82) is 0 Å². The van der Waals surface area contributed by atoms with Gasteiger partial charge in [-0.1, -0.05) is 230 Å². The molecule has 2 aliphatic rings. The van der Waals surface area contributed by atoms with Crippen LogP contribution in [0.25, 0.3) is 55.3 Å². The number of benzene rings is 11. The second-order valence-corrected chi connectivity index (χ2v) is 24.1. The fraction of sp³-hybridized carbons (Fsp3) is 0.143. The van der Waals surface area contributed by atoms with Crippen molar-refractivity contribution in [2.75, 3.05) is 33.5 Å². The maximum Gasteiger partial charge on any atom is 0.145 e. The summed E-state index contributed by atoms with van der Waals surface area (Å²) < 4.78 is 7.53. The fourth-order valence-electron chi connectivity index (χ4n) is 13.0. The molecule has 400 valence electrons. The Balaban J connectivity index is 1.10. The summed E-state index contributed by atoms with van der Waals surface area (Å²) in [6.45, 7) is 15.2. The van der Waals surface area contributed by atoms with Gasteiger partial charge in [0.2, 0.25) is 0 Å². The second-order valence-electron chi connectivity index (χ2n) is 24.1. The van der Waals surface area contributed by atoms with E-state index in [9.17, 15) is 0 Å².